The van der Waals surface area contributed by atoms with Crippen LogP contribution in [0.3, 0.4) is 0 Å². The second-order valence-electron chi connectivity index (χ2n) is 4.49. The van der Waals surface area contributed by atoms with E-state index in [9.17, 15) is 0 Å². The van der Waals surface area contributed by atoms with Crippen molar-refractivity contribution in [1.82, 2.24) is 14.6 Å². The van der Waals surface area contributed by atoms with Gasteiger partial charge >= 0.3 is 0 Å². The molecule has 5 heteroatoms. The second kappa shape index (κ2) is 4.51. The largest absolute Gasteiger partial charge is 0.216 e. The average Bonchev–Trinajstić information content (AvgIpc) is 2.72. The number of fused-ring (bicyclic) bond motifs is 1. The lowest BCUT2D eigenvalue weighted by Crippen LogP contribution is -1.97. The summed E-state index contributed by atoms with van der Waals surface area (Å²) in [6, 6.07) is 9.83. The molecule has 1 aromatic carbocycles. The van der Waals surface area contributed by atoms with E-state index in [0.717, 1.165) is 11.3 Å². The van der Waals surface area contributed by atoms with Crippen LogP contribution in [0.1, 0.15) is 11.3 Å². The van der Waals surface area contributed by atoms with Gasteiger partial charge in [0.2, 0.25) is 0 Å². The van der Waals surface area contributed by atoms with Crippen molar-refractivity contribution >= 4 is 28.8 Å². The highest BCUT2D eigenvalue weighted by molar-refractivity contribution is 6.38. The van der Waals surface area contributed by atoms with Crippen molar-refractivity contribution in [2.24, 2.45) is 0 Å². The van der Waals surface area contributed by atoms with Crippen LogP contribution in [-0.2, 0) is 0 Å². The average molecular weight is 292 g/mol. The van der Waals surface area contributed by atoms with Gasteiger partial charge < -0.3 is 0 Å². The minimum atomic E-state index is 0.390. The summed E-state index contributed by atoms with van der Waals surface area (Å²) in [6.45, 7) is 3.93. The molecule has 0 radical (unpaired) electrons. The third kappa shape index (κ3) is 2.09. The Balaban J connectivity index is 2.31. The Morgan fingerprint density at radius 1 is 1.05 bits per heavy atom. The summed E-state index contributed by atoms with van der Waals surface area (Å²) in [5.41, 5.74) is 4.33. The van der Waals surface area contributed by atoms with Crippen molar-refractivity contribution < 1.29 is 0 Å². The van der Waals surface area contributed by atoms with Gasteiger partial charge in [-0.3, -0.25) is 0 Å². The fourth-order valence-electron chi connectivity index (χ4n) is 2.02. The number of hydrogen-bond acceptors (Lipinski definition) is 2. The molecule has 19 heavy (non-hydrogen) atoms. The third-order valence-corrected chi connectivity index (χ3v) is 3.59. The maximum atomic E-state index is 6.41. The van der Waals surface area contributed by atoms with E-state index < -0.39 is 0 Å². The summed E-state index contributed by atoms with van der Waals surface area (Å²) in [5.74, 6) is 0. The number of nitrogens with zero attached hydrogens (tertiary/aromatic N) is 3. The highest BCUT2D eigenvalue weighted by Crippen LogP contribution is 2.34. The molecule has 0 bridgehead atoms. The van der Waals surface area contributed by atoms with Gasteiger partial charge in [-0.1, -0.05) is 53.0 Å². The number of hydrogen-bond donors (Lipinski definition) is 0. The van der Waals surface area contributed by atoms with Crippen molar-refractivity contribution in [2.75, 3.05) is 0 Å². The summed E-state index contributed by atoms with van der Waals surface area (Å²) < 4.78 is 1.61. The Hall–Kier alpha value is -1.58. The van der Waals surface area contributed by atoms with E-state index in [-0.39, 0.29) is 0 Å². The Bertz CT molecular complexity index is 760. The highest BCUT2D eigenvalue weighted by atomic mass is 35.5. The summed E-state index contributed by atoms with van der Waals surface area (Å²) in [4.78, 5) is 4.34. The van der Waals surface area contributed by atoms with Crippen LogP contribution in [0.2, 0.25) is 10.3 Å². The van der Waals surface area contributed by atoms with Crippen molar-refractivity contribution in [3.05, 3.63) is 51.9 Å². The van der Waals surface area contributed by atoms with Crippen LogP contribution in [0.15, 0.2) is 30.3 Å². The predicted octanol–water partition coefficient (Wildman–Crippen LogP) is 4.32. The summed E-state index contributed by atoms with van der Waals surface area (Å²) in [6.07, 6.45) is 0. The minimum absolute atomic E-state index is 0.390. The molecule has 0 spiro atoms. The Morgan fingerprint density at radius 3 is 2.42 bits per heavy atom. The first-order valence-corrected chi connectivity index (χ1v) is 6.60. The molecule has 3 rings (SSSR count). The van der Waals surface area contributed by atoms with Crippen LogP contribution in [0.5, 0.6) is 0 Å². The standard InChI is InChI=1S/C14H11Cl2N3/c1-8-3-5-10(6-4-8)12-13(15)17-11-7-9(2)18-19(11)14(12)16/h3-7H,1-2H3. The number of halogens is 2. The Morgan fingerprint density at radius 2 is 1.74 bits per heavy atom. The molecule has 0 saturated carbocycles. The smallest absolute Gasteiger partial charge is 0.158 e. The third-order valence-electron chi connectivity index (χ3n) is 2.96. The maximum absolute atomic E-state index is 6.41. The monoisotopic (exact) mass is 291 g/mol. The molecule has 0 aliphatic heterocycles. The van der Waals surface area contributed by atoms with E-state index >= 15 is 0 Å². The van der Waals surface area contributed by atoms with Crippen molar-refractivity contribution in [2.45, 2.75) is 13.8 Å². The zero-order valence-corrected chi connectivity index (χ0v) is 12.0. The lowest BCUT2D eigenvalue weighted by Gasteiger charge is -2.08. The fourth-order valence-corrected chi connectivity index (χ4v) is 2.67. The van der Waals surface area contributed by atoms with Gasteiger partial charge in [-0.2, -0.15) is 5.10 Å². The van der Waals surface area contributed by atoms with Crippen molar-refractivity contribution in [1.29, 1.82) is 0 Å². The van der Waals surface area contributed by atoms with Gasteiger partial charge in [0.1, 0.15) is 10.3 Å². The van der Waals surface area contributed by atoms with Crippen LogP contribution in [0.4, 0.5) is 0 Å². The molecule has 2 aromatic heterocycles. The fraction of sp³-hybridized carbons (Fsp3) is 0.143. The summed E-state index contributed by atoms with van der Waals surface area (Å²) >= 11 is 12.7. The van der Waals surface area contributed by atoms with Crippen LogP contribution in [-0.4, -0.2) is 14.6 Å². The van der Waals surface area contributed by atoms with Crippen LogP contribution >= 0.6 is 23.2 Å². The zero-order valence-electron chi connectivity index (χ0n) is 10.5. The molecule has 0 saturated heterocycles. The van der Waals surface area contributed by atoms with E-state index in [1.54, 1.807) is 4.52 Å². The normalized spacial score (nSPS) is 11.2. The quantitative estimate of drug-likeness (QED) is 0.625. The van der Waals surface area contributed by atoms with Gasteiger partial charge in [0.25, 0.3) is 0 Å². The first kappa shape index (κ1) is 12.5. The van der Waals surface area contributed by atoms with Crippen LogP contribution in [0, 0.1) is 13.8 Å². The molecule has 0 aliphatic rings. The van der Waals surface area contributed by atoms with Crippen LogP contribution < -0.4 is 0 Å². The molecule has 3 aromatic rings. The Kier molecular flexibility index (Phi) is 2.96. The van der Waals surface area contributed by atoms with E-state index in [0.29, 0.717) is 21.5 Å². The number of benzene rings is 1. The van der Waals surface area contributed by atoms with Gasteiger partial charge in [0.15, 0.2) is 5.65 Å². The van der Waals surface area contributed by atoms with Gasteiger partial charge in [0.05, 0.1) is 11.3 Å². The molecular formula is C14H11Cl2N3. The highest BCUT2D eigenvalue weighted by Gasteiger charge is 2.15. The van der Waals surface area contributed by atoms with Crippen molar-refractivity contribution in [3.8, 4) is 11.1 Å². The van der Waals surface area contributed by atoms with Gasteiger partial charge in [-0.15, -0.1) is 0 Å². The molecule has 96 valence electrons. The molecular weight excluding hydrogens is 281 g/mol. The van der Waals surface area contributed by atoms with Gasteiger partial charge in [-0.05, 0) is 19.4 Å². The topological polar surface area (TPSA) is 30.2 Å². The molecule has 0 fully saturated rings. The minimum Gasteiger partial charge on any atom is -0.216 e. The molecule has 0 unspecified atom stereocenters. The first-order valence-electron chi connectivity index (χ1n) is 5.84. The van der Waals surface area contributed by atoms with E-state index in [1.165, 1.54) is 5.56 Å². The molecule has 3 nitrogen and oxygen atoms in total. The lowest BCUT2D eigenvalue weighted by molar-refractivity contribution is 0.920. The molecule has 0 aliphatic carbocycles. The lowest BCUT2D eigenvalue weighted by atomic mass is 10.1. The first-order chi connectivity index (χ1) is 9.06. The molecule has 2 heterocycles. The second-order valence-corrected chi connectivity index (χ2v) is 5.21. The summed E-state index contributed by atoms with van der Waals surface area (Å²) in [5, 5.41) is 5.19. The van der Waals surface area contributed by atoms with E-state index in [4.69, 9.17) is 23.2 Å². The van der Waals surface area contributed by atoms with E-state index in [2.05, 4.69) is 10.1 Å². The summed E-state index contributed by atoms with van der Waals surface area (Å²) in [7, 11) is 0. The maximum Gasteiger partial charge on any atom is 0.158 e. The SMILES string of the molecule is Cc1ccc(-c2c(Cl)nc3cc(C)nn3c2Cl)cc1. The number of rotatable bonds is 1. The number of aromatic nitrogens is 3. The predicted molar refractivity (Wildman–Crippen MR) is 77.9 cm³/mol. The van der Waals surface area contributed by atoms with Gasteiger partial charge in [-0.25, -0.2) is 9.50 Å². The van der Waals surface area contributed by atoms with Crippen molar-refractivity contribution in [3.63, 3.8) is 0 Å². The van der Waals surface area contributed by atoms with E-state index in [1.807, 2.05) is 44.2 Å². The number of aryl methyl sites for hydroxylation is 2. The van der Waals surface area contributed by atoms with Crippen LogP contribution in [0.25, 0.3) is 16.8 Å². The molecule has 0 N–H and O–H groups in total. The molecule has 0 atom stereocenters. The zero-order chi connectivity index (χ0) is 13.6. The molecule has 0 amide bonds. The Labute approximate surface area is 120 Å². The van der Waals surface area contributed by atoms with Gasteiger partial charge in [0, 0.05) is 6.07 Å².